The molecule has 8 heteroatoms. The molecule has 0 saturated carbocycles. The molecular weight excluding hydrogens is 402 g/mol. The molecule has 0 atom stereocenters. The van der Waals surface area contributed by atoms with Crippen LogP contribution in [0.2, 0.25) is 5.02 Å². The number of anilines is 1. The van der Waals surface area contributed by atoms with E-state index < -0.39 is 0 Å². The van der Waals surface area contributed by atoms with Gasteiger partial charge in [-0.2, -0.15) is 5.10 Å². The second kappa shape index (κ2) is 7.72. The maximum atomic E-state index is 13.3. The summed E-state index contributed by atoms with van der Waals surface area (Å²) in [4.78, 5) is 17.4. The Morgan fingerprint density at radius 1 is 1.10 bits per heavy atom. The topological polar surface area (TPSA) is 75.4 Å². The summed E-state index contributed by atoms with van der Waals surface area (Å²) in [5.74, 6) is 1.32. The summed E-state index contributed by atoms with van der Waals surface area (Å²) >= 11 is 6.33. The second-order valence-electron chi connectivity index (χ2n) is 7.75. The molecule has 30 heavy (non-hydrogen) atoms. The van der Waals surface area contributed by atoms with Crippen LogP contribution in [-0.4, -0.2) is 52.3 Å². The van der Waals surface area contributed by atoms with E-state index in [0.717, 1.165) is 30.8 Å². The average Bonchev–Trinajstić information content (AvgIpc) is 3.39. The van der Waals surface area contributed by atoms with Crippen LogP contribution in [0.15, 0.2) is 34.9 Å². The fourth-order valence-corrected chi connectivity index (χ4v) is 4.45. The number of piperazine rings is 1. The number of carbonyl (C=O) groups excluding carboxylic acids is 1. The van der Waals surface area contributed by atoms with E-state index in [2.05, 4.69) is 26.3 Å². The summed E-state index contributed by atoms with van der Waals surface area (Å²) in [5.41, 5.74) is 4.11. The van der Waals surface area contributed by atoms with E-state index in [0.29, 0.717) is 53.8 Å². The van der Waals surface area contributed by atoms with Crippen LogP contribution in [0.3, 0.4) is 0 Å². The lowest BCUT2D eigenvalue weighted by Gasteiger charge is -2.35. The van der Waals surface area contributed by atoms with Crippen LogP contribution >= 0.6 is 11.6 Å². The van der Waals surface area contributed by atoms with Gasteiger partial charge in [0.1, 0.15) is 17.0 Å². The van der Waals surface area contributed by atoms with E-state index in [-0.39, 0.29) is 5.91 Å². The highest BCUT2D eigenvalue weighted by Crippen LogP contribution is 2.32. The van der Waals surface area contributed by atoms with Gasteiger partial charge in [-0.05, 0) is 43.9 Å². The van der Waals surface area contributed by atoms with Crippen LogP contribution in [0, 0.1) is 6.92 Å². The highest BCUT2D eigenvalue weighted by Gasteiger charge is 2.30. The molecule has 0 bridgehead atoms. The molecule has 0 N–H and O–H groups in total. The second-order valence-corrected chi connectivity index (χ2v) is 8.16. The Kier molecular flexibility index (Phi) is 4.90. The lowest BCUT2D eigenvalue weighted by Crippen LogP contribution is -2.49. The number of rotatable bonds is 3. The van der Waals surface area contributed by atoms with Crippen LogP contribution in [-0.2, 0) is 12.8 Å². The Bertz CT molecular complexity index is 1100. The maximum absolute atomic E-state index is 13.3. The number of amides is 1. The van der Waals surface area contributed by atoms with Crippen LogP contribution in [0.1, 0.15) is 33.8 Å². The van der Waals surface area contributed by atoms with E-state index in [9.17, 15) is 4.79 Å². The van der Waals surface area contributed by atoms with Crippen LogP contribution in [0.25, 0.3) is 11.3 Å². The summed E-state index contributed by atoms with van der Waals surface area (Å²) in [6, 6.07) is 9.51. The number of halogens is 1. The number of hydrogen-bond acceptors (Lipinski definition) is 6. The lowest BCUT2D eigenvalue weighted by atomic mass is 10.0. The third-order valence-corrected chi connectivity index (χ3v) is 6.23. The van der Waals surface area contributed by atoms with Crippen LogP contribution in [0.5, 0.6) is 0 Å². The van der Waals surface area contributed by atoms with Crippen LogP contribution < -0.4 is 4.90 Å². The van der Waals surface area contributed by atoms with Crippen molar-refractivity contribution in [3.05, 3.63) is 57.9 Å². The summed E-state index contributed by atoms with van der Waals surface area (Å²) in [6.07, 6.45) is 3.26. The Morgan fingerprint density at radius 2 is 1.90 bits per heavy atom. The quantitative estimate of drug-likeness (QED) is 0.641. The maximum Gasteiger partial charge on any atom is 0.259 e. The lowest BCUT2D eigenvalue weighted by molar-refractivity contribution is 0.0745. The molecule has 0 radical (unpaired) electrons. The number of hydrogen-bond donors (Lipinski definition) is 0. The molecule has 1 saturated heterocycles. The summed E-state index contributed by atoms with van der Waals surface area (Å²) in [5, 5.41) is 13.5. The Morgan fingerprint density at radius 3 is 2.70 bits per heavy atom. The molecule has 3 aromatic rings. The van der Waals surface area contributed by atoms with Crippen molar-refractivity contribution in [2.24, 2.45) is 0 Å². The third kappa shape index (κ3) is 3.33. The minimum atomic E-state index is -0.0802. The van der Waals surface area contributed by atoms with Crippen molar-refractivity contribution >= 4 is 23.3 Å². The van der Waals surface area contributed by atoms with Crippen molar-refractivity contribution < 1.29 is 9.32 Å². The third-order valence-electron chi connectivity index (χ3n) is 5.90. The molecule has 7 nitrogen and oxygen atoms in total. The molecule has 0 spiro atoms. The van der Waals surface area contributed by atoms with Crippen LogP contribution in [0.4, 0.5) is 5.82 Å². The van der Waals surface area contributed by atoms with E-state index in [1.165, 1.54) is 5.56 Å². The Balaban J connectivity index is 1.33. The Labute approximate surface area is 179 Å². The van der Waals surface area contributed by atoms with Gasteiger partial charge in [-0.1, -0.05) is 35.0 Å². The normalized spacial score (nSPS) is 16.1. The number of carbonyl (C=O) groups is 1. The number of aryl methyl sites for hydroxylation is 3. The van der Waals surface area contributed by atoms with Crippen molar-refractivity contribution in [2.75, 3.05) is 31.1 Å². The fourth-order valence-electron chi connectivity index (χ4n) is 4.23. The molecular formula is C22H22ClN5O2. The fraction of sp³-hybridized carbons (Fsp3) is 0.364. The molecule has 2 aromatic heterocycles. The minimum Gasteiger partial charge on any atom is -0.360 e. The first-order chi connectivity index (χ1) is 14.6. The zero-order valence-corrected chi connectivity index (χ0v) is 17.5. The molecule has 1 aliphatic heterocycles. The highest BCUT2D eigenvalue weighted by molar-refractivity contribution is 6.33. The monoisotopic (exact) mass is 423 g/mol. The molecule has 1 amide bonds. The summed E-state index contributed by atoms with van der Waals surface area (Å²) in [6.45, 7) is 4.39. The average molecular weight is 424 g/mol. The van der Waals surface area contributed by atoms with E-state index in [1.54, 1.807) is 13.0 Å². The molecule has 0 unspecified atom stereocenters. The zero-order valence-electron chi connectivity index (χ0n) is 16.8. The Hall–Kier alpha value is -2.93. The first-order valence-electron chi connectivity index (χ1n) is 10.2. The van der Waals surface area contributed by atoms with E-state index >= 15 is 0 Å². The van der Waals surface area contributed by atoms with Gasteiger partial charge in [0.15, 0.2) is 5.82 Å². The van der Waals surface area contributed by atoms with Gasteiger partial charge in [-0.15, -0.1) is 5.10 Å². The van der Waals surface area contributed by atoms with Gasteiger partial charge in [-0.3, -0.25) is 4.79 Å². The number of fused-ring (bicyclic) bond motifs is 1. The van der Waals surface area contributed by atoms with Crippen molar-refractivity contribution in [3.8, 4) is 11.3 Å². The van der Waals surface area contributed by atoms with Gasteiger partial charge in [0.25, 0.3) is 5.91 Å². The van der Waals surface area contributed by atoms with Gasteiger partial charge >= 0.3 is 0 Å². The first-order valence-corrected chi connectivity index (χ1v) is 10.6. The predicted molar refractivity (Wildman–Crippen MR) is 114 cm³/mol. The van der Waals surface area contributed by atoms with Crippen molar-refractivity contribution in [2.45, 2.75) is 26.2 Å². The number of benzene rings is 1. The van der Waals surface area contributed by atoms with Crippen molar-refractivity contribution in [1.82, 2.24) is 20.3 Å². The van der Waals surface area contributed by atoms with Gasteiger partial charge in [0.05, 0.1) is 10.7 Å². The molecule has 2 aliphatic rings. The number of aromatic nitrogens is 3. The molecule has 154 valence electrons. The van der Waals surface area contributed by atoms with E-state index in [4.69, 9.17) is 16.1 Å². The summed E-state index contributed by atoms with van der Waals surface area (Å²) < 4.78 is 5.37. The SMILES string of the molecule is Cc1onc(-c2ccccc2Cl)c1C(=O)N1CCN(c2cc3c(nn2)CCC3)CC1. The smallest absolute Gasteiger partial charge is 0.259 e. The largest absolute Gasteiger partial charge is 0.360 e. The van der Waals surface area contributed by atoms with Gasteiger partial charge in [-0.25, -0.2) is 0 Å². The minimum absolute atomic E-state index is 0.0802. The molecule has 1 fully saturated rings. The van der Waals surface area contributed by atoms with Gasteiger partial charge in [0.2, 0.25) is 0 Å². The number of nitrogens with zero attached hydrogens (tertiary/aromatic N) is 5. The van der Waals surface area contributed by atoms with Crippen molar-refractivity contribution in [3.63, 3.8) is 0 Å². The van der Waals surface area contributed by atoms with Gasteiger partial charge in [0, 0.05) is 31.7 Å². The van der Waals surface area contributed by atoms with E-state index in [1.807, 2.05) is 23.1 Å². The van der Waals surface area contributed by atoms with Crippen molar-refractivity contribution in [1.29, 1.82) is 0 Å². The molecule has 3 heterocycles. The first kappa shape index (κ1) is 19.1. The molecule has 1 aliphatic carbocycles. The molecule has 1 aromatic carbocycles. The zero-order chi connectivity index (χ0) is 20.7. The van der Waals surface area contributed by atoms with Gasteiger partial charge < -0.3 is 14.3 Å². The molecule has 5 rings (SSSR count). The summed E-state index contributed by atoms with van der Waals surface area (Å²) in [7, 11) is 0. The standard InChI is InChI=1S/C22H22ClN5O2/c1-14-20(21(26-30-14)16-6-2-3-7-17(16)23)22(29)28-11-9-27(10-12-28)19-13-15-5-4-8-18(15)24-25-19/h2-3,6-7,13H,4-5,8-12H2,1H3. The highest BCUT2D eigenvalue weighted by atomic mass is 35.5. The predicted octanol–water partition coefficient (Wildman–Crippen LogP) is 3.54.